The molecule has 0 fully saturated rings. The van der Waals surface area contributed by atoms with Gasteiger partial charge in [-0.25, -0.2) is 4.79 Å². The molecule has 1 aliphatic rings. The van der Waals surface area contributed by atoms with Gasteiger partial charge in [0.1, 0.15) is 5.60 Å². The van der Waals surface area contributed by atoms with E-state index in [2.05, 4.69) is 20.9 Å². The van der Waals surface area contributed by atoms with E-state index in [-0.39, 0.29) is 6.09 Å². The van der Waals surface area contributed by atoms with Crippen molar-refractivity contribution >= 4 is 27.7 Å². The summed E-state index contributed by atoms with van der Waals surface area (Å²) in [4.78, 5) is 17.9. The molecule has 92 valence electrons. The van der Waals surface area contributed by atoms with Crippen molar-refractivity contribution in [2.75, 3.05) is 11.4 Å². The van der Waals surface area contributed by atoms with E-state index in [0.29, 0.717) is 6.54 Å². The van der Waals surface area contributed by atoms with Crippen LogP contribution < -0.4 is 4.90 Å². The molecule has 0 atom stereocenters. The van der Waals surface area contributed by atoms with Crippen LogP contribution in [0, 0.1) is 0 Å². The molecule has 0 bridgehead atoms. The number of carbonyl (C=O) groups is 1. The molecule has 1 amide bonds. The van der Waals surface area contributed by atoms with Crippen molar-refractivity contribution in [2.45, 2.75) is 32.8 Å². The SMILES string of the molecule is CC(C)(C)OC(=O)N1CCc2ncc(Br)cc21. The predicted octanol–water partition coefficient (Wildman–Crippen LogP) is 3.14. The number of hydrogen-bond donors (Lipinski definition) is 0. The monoisotopic (exact) mass is 298 g/mol. The molecule has 2 rings (SSSR count). The second kappa shape index (κ2) is 4.29. The molecule has 0 saturated carbocycles. The number of hydrogen-bond acceptors (Lipinski definition) is 3. The first-order valence-corrected chi connectivity index (χ1v) is 6.31. The van der Waals surface area contributed by atoms with Crippen molar-refractivity contribution in [1.82, 2.24) is 4.98 Å². The average molecular weight is 299 g/mol. The summed E-state index contributed by atoms with van der Waals surface area (Å²) in [5.41, 5.74) is 1.31. The van der Waals surface area contributed by atoms with Crippen LogP contribution in [0.1, 0.15) is 26.5 Å². The molecule has 0 unspecified atom stereocenters. The van der Waals surface area contributed by atoms with Crippen molar-refractivity contribution in [3.05, 3.63) is 22.4 Å². The fourth-order valence-electron chi connectivity index (χ4n) is 1.73. The topological polar surface area (TPSA) is 42.4 Å². The number of rotatable bonds is 0. The lowest BCUT2D eigenvalue weighted by atomic mass is 10.2. The van der Waals surface area contributed by atoms with Crippen LogP contribution in [0.4, 0.5) is 10.5 Å². The van der Waals surface area contributed by atoms with Crippen molar-refractivity contribution in [3.8, 4) is 0 Å². The number of nitrogens with zero attached hydrogens (tertiary/aromatic N) is 2. The van der Waals surface area contributed by atoms with Crippen molar-refractivity contribution in [2.24, 2.45) is 0 Å². The van der Waals surface area contributed by atoms with Crippen LogP contribution in [0.25, 0.3) is 0 Å². The van der Waals surface area contributed by atoms with Gasteiger partial charge >= 0.3 is 6.09 Å². The summed E-state index contributed by atoms with van der Waals surface area (Å²) in [6.45, 7) is 6.22. The number of ether oxygens (including phenoxy) is 1. The van der Waals surface area contributed by atoms with Gasteiger partial charge in [0.25, 0.3) is 0 Å². The van der Waals surface area contributed by atoms with Gasteiger partial charge in [0, 0.05) is 23.6 Å². The Hall–Kier alpha value is -1.10. The van der Waals surface area contributed by atoms with E-state index in [0.717, 1.165) is 22.3 Å². The smallest absolute Gasteiger partial charge is 0.414 e. The largest absolute Gasteiger partial charge is 0.443 e. The zero-order valence-electron chi connectivity index (χ0n) is 10.2. The Morgan fingerprint density at radius 2 is 2.24 bits per heavy atom. The first-order valence-electron chi connectivity index (χ1n) is 5.52. The van der Waals surface area contributed by atoms with E-state index < -0.39 is 5.60 Å². The molecule has 4 nitrogen and oxygen atoms in total. The van der Waals surface area contributed by atoms with E-state index in [9.17, 15) is 4.79 Å². The third-order valence-electron chi connectivity index (χ3n) is 2.39. The highest BCUT2D eigenvalue weighted by Crippen LogP contribution is 2.30. The summed E-state index contributed by atoms with van der Waals surface area (Å²) >= 11 is 3.36. The van der Waals surface area contributed by atoms with Crippen LogP contribution in [0.15, 0.2) is 16.7 Å². The highest BCUT2D eigenvalue weighted by atomic mass is 79.9. The van der Waals surface area contributed by atoms with Gasteiger partial charge in [-0.3, -0.25) is 9.88 Å². The van der Waals surface area contributed by atoms with Crippen LogP contribution in [0.3, 0.4) is 0 Å². The highest BCUT2D eigenvalue weighted by Gasteiger charge is 2.29. The molecule has 1 aromatic heterocycles. The molecule has 0 aromatic carbocycles. The lowest BCUT2D eigenvalue weighted by Gasteiger charge is -2.24. The second-order valence-electron chi connectivity index (χ2n) is 5.00. The molecule has 17 heavy (non-hydrogen) atoms. The predicted molar refractivity (Wildman–Crippen MR) is 69.2 cm³/mol. The molecular weight excluding hydrogens is 284 g/mol. The van der Waals surface area contributed by atoms with Gasteiger partial charge in [-0.05, 0) is 42.8 Å². The van der Waals surface area contributed by atoms with Crippen molar-refractivity contribution < 1.29 is 9.53 Å². The molecular formula is C12H15BrN2O2. The molecule has 0 radical (unpaired) electrons. The molecule has 0 saturated heterocycles. The average Bonchev–Trinajstić information content (AvgIpc) is 2.57. The zero-order chi connectivity index (χ0) is 12.6. The Labute approximate surface area is 109 Å². The van der Waals surface area contributed by atoms with Gasteiger partial charge < -0.3 is 4.74 Å². The van der Waals surface area contributed by atoms with Crippen LogP contribution >= 0.6 is 15.9 Å². The number of aromatic nitrogens is 1. The van der Waals surface area contributed by atoms with Gasteiger partial charge in [-0.1, -0.05) is 0 Å². The van der Waals surface area contributed by atoms with Crippen molar-refractivity contribution in [3.63, 3.8) is 0 Å². The molecule has 0 spiro atoms. The van der Waals surface area contributed by atoms with E-state index in [1.807, 2.05) is 26.8 Å². The fraction of sp³-hybridized carbons (Fsp3) is 0.500. The van der Waals surface area contributed by atoms with Crippen LogP contribution in [0.5, 0.6) is 0 Å². The van der Waals surface area contributed by atoms with E-state index in [4.69, 9.17) is 4.74 Å². The summed E-state index contributed by atoms with van der Waals surface area (Å²) in [6, 6.07) is 1.90. The number of anilines is 1. The fourth-order valence-corrected chi connectivity index (χ4v) is 2.05. The summed E-state index contributed by atoms with van der Waals surface area (Å²) in [5, 5.41) is 0. The van der Waals surface area contributed by atoms with Crippen molar-refractivity contribution in [1.29, 1.82) is 0 Å². The minimum absolute atomic E-state index is 0.309. The van der Waals surface area contributed by atoms with Crippen LogP contribution in [0.2, 0.25) is 0 Å². The maximum absolute atomic E-state index is 12.0. The van der Waals surface area contributed by atoms with E-state index in [1.165, 1.54) is 0 Å². The minimum Gasteiger partial charge on any atom is -0.443 e. The quantitative estimate of drug-likeness (QED) is 0.739. The van der Waals surface area contributed by atoms with Crippen LogP contribution in [-0.4, -0.2) is 23.2 Å². The molecule has 5 heteroatoms. The molecule has 1 aromatic rings. The second-order valence-corrected chi connectivity index (χ2v) is 5.92. The molecule has 0 N–H and O–H groups in total. The maximum atomic E-state index is 12.0. The Balaban J connectivity index is 2.22. The summed E-state index contributed by atoms with van der Waals surface area (Å²) in [6.07, 6.45) is 2.22. The maximum Gasteiger partial charge on any atom is 0.414 e. The van der Waals surface area contributed by atoms with Gasteiger partial charge in [0.2, 0.25) is 0 Å². The summed E-state index contributed by atoms with van der Waals surface area (Å²) in [7, 11) is 0. The molecule has 0 aliphatic carbocycles. The first-order chi connectivity index (χ1) is 7.87. The highest BCUT2D eigenvalue weighted by molar-refractivity contribution is 9.10. The Morgan fingerprint density at radius 1 is 1.53 bits per heavy atom. The van der Waals surface area contributed by atoms with Gasteiger partial charge in [0.15, 0.2) is 0 Å². The van der Waals surface area contributed by atoms with E-state index >= 15 is 0 Å². The number of amides is 1. The minimum atomic E-state index is -0.473. The summed E-state index contributed by atoms with van der Waals surface area (Å²) < 4.78 is 6.23. The van der Waals surface area contributed by atoms with Gasteiger partial charge in [-0.2, -0.15) is 0 Å². The lowest BCUT2D eigenvalue weighted by molar-refractivity contribution is 0.0584. The van der Waals surface area contributed by atoms with Gasteiger partial charge in [-0.15, -0.1) is 0 Å². The Kier molecular flexibility index (Phi) is 3.12. The third-order valence-corrected chi connectivity index (χ3v) is 2.82. The lowest BCUT2D eigenvalue weighted by Crippen LogP contribution is -2.35. The molecule has 1 aliphatic heterocycles. The van der Waals surface area contributed by atoms with Crippen LogP contribution in [-0.2, 0) is 11.2 Å². The van der Waals surface area contributed by atoms with E-state index in [1.54, 1.807) is 11.1 Å². The third kappa shape index (κ3) is 2.77. The normalized spacial score (nSPS) is 14.7. The standard InChI is InChI=1S/C12H15BrN2O2/c1-12(2,3)17-11(16)15-5-4-9-10(15)6-8(13)7-14-9/h6-7H,4-5H2,1-3H3. The van der Waals surface area contributed by atoms with Gasteiger partial charge in [0.05, 0.1) is 11.4 Å². The first kappa shape index (κ1) is 12.4. The Morgan fingerprint density at radius 3 is 2.88 bits per heavy atom. The number of carbonyl (C=O) groups excluding carboxylic acids is 1. The number of pyridine rings is 1. The molecule has 2 heterocycles. The number of halogens is 1. The zero-order valence-corrected chi connectivity index (χ0v) is 11.7. The number of fused-ring (bicyclic) bond motifs is 1. The Bertz CT molecular complexity index is 454. The summed E-state index contributed by atoms with van der Waals surface area (Å²) in [5.74, 6) is 0.